The molecule has 1 N–H and O–H groups in total. The molecule has 0 saturated carbocycles. The summed E-state index contributed by atoms with van der Waals surface area (Å²) in [5.74, 6) is 0. The lowest BCUT2D eigenvalue weighted by Crippen LogP contribution is -1.82. The van der Waals surface area contributed by atoms with Gasteiger partial charge in [-0.05, 0) is 6.92 Å². The van der Waals surface area contributed by atoms with Gasteiger partial charge in [0, 0.05) is 11.0 Å². The van der Waals surface area contributed by atoms with Crippen LogP contribution in [0.4, 0.5) is 0 Å². The van der Waals surface area contributed by atoms with Gasteiger partial charge in [-0.1, -0.05) is 30.9 Å². The van der Waals surface area contributed by atoms with Gasteiger partial charge in [0.05, 0.1) is 11.9 Å². The Morgan fingerprint density at radius 1 is 1.64 bits per heavy atom. The van der Waals surface area contributed by atoms with Crippen molar-refractivity contribution in [2.75, 3.05) is 0 Å². The SMILES string of the molecule is C=C/C(=C\C=C/C)c1csc(C=N)n1. The van der Waals surface area contributed by atoms with E-state index in [0.717, 1.165) is 11.3 Å². The van der Waals surface area contributed by atoms with E-state index in [-0.39, 0.29) is 0 Å². The van der Waals surface area contributed by atoms with Crippen molar-refractivity contribution in [1.82, 2.24) is 4.98 Å². The zero-order chi connectivity index (χ0) is 10.4. The van der Waals surface area contributed by atoms with E-state index in [2.05, 4.69) is 11.6 Å². The predicted octanol–water partition coefficient (Wildman–Crippen LogP) is 3.29. The molecule has 0 aliphatic carbocycles. The molecule has 0 amide bonds. The minimum atomic E-state index is 0.716. The van der Waals surface area contributed by atoms with Gasteiger partial charge < -0.3 is 5.41 Å². The minimum absolute atomic E-state index is 0.716. The number of rotatable bonds is 4. The van der Waals surface area contributed by atoms with Crippen LogP contribution in [0.2, 0.25) is 0 Å². The Morgan fingerprint density at radius 2 is 2.43 bits per heavy atom. The summed E-state index contributed by atoms with van der Waals surface area (Å²) in [7, 11) is 0. The van der Waals surface area contributed by atoms with E-state index >= 15 is 0 Å². The number of nitrogens with one attached hydrogen (secondary N) is 1. The fourth-order valence-corrected chi connectivity index (χ4v) is 1.58. The van der Waals surface area contributed by atoms with Crippen LogP contribution in [0.15, 0.2) is 36.3 Å². The predicted molar refractivity (Wildman–Crippen MR) is 63.0 cm³/mol. The lowest BCUT2D eigenvalue weighted by atomic mass is 10.2. The molecule has 0 fully saturated rings. The van der Waals surface area contributed by atoms with Gasteiger partial charge in [-0.2, -0.15) is 0 Å². The van der Waals surface area contributed by atoms with E-state index in [9.17, 15) is 0 Å². The Hall–Kier alpha value is -1.48. The van der Waals surface area contributed by atoms with Crippen LogP contribution in [0.25, 0.3) is 5.57 Å². The van der Waals surface area contributed by atoms with Crippen LogP contribution in [-0.2, 0) is 0 Å². The molecule has 3 heteroatoms. The van der Waals surface area contributed by atoms with Crippen molar-refractivity contribution in [1.29, 1.82) is 5.41 Å². The molecule has 1 heterocycles. The monoisotopic (exact) mass is 204 g/mol. The molecule has 1 aromatic rings. The summed E-state index contributed by atoms with van der Waals surface area (Å²) in [6, 6.07) is 0. The number of allylic oxidation sites excluding steroid dienone is 5. The first-order valence-electron chi connectivity index (χ1n) is 4.23. The smallest absolute Gasteiger partial charge is 0.134 e. The summed E-state index contributed by atoms with van der Waals surface area (Å²) >= 11 is 1.46. The van der Waals surface area contributed by atoms with Crippen molar-refractivity contribution in [3.8, 4) is 0 Å². The molecule has 1 aromatic heterocycles. The first-order chi connectivity index (χ1) is 6.81. The molecule has 0 spiro atoms. The number of nitrogens with zero attached hydrogens (tertiary/aromatic N) is 1. The average molecular weight is 204 g/mol. The molecule has 0 aliphatic rings. The quantitative estimate of drug-likeness (QED) is 0.593. The third-order valence-electron chi connectivity index (χ3n) is 1.63. The molecule has 72 valence electrons. The summed E-state index contributed by atoms with van der Waals surface area (Å²) in [6.07, 6.45) is 8.87. The Kier molecular flexibility index (Phi) is 4.01. The third kappa shape index (κ3) is 2.50. The first-order valence-corrected chi connectivity index (χ1v) is 5.11. The standard InChI is InChI=1S/C11H12N2S/c1-3-5-6-9(4-2)10-8-14-11(7-12)13-10/h3-8,12H,2H2,1H3/b5-3-,9-6+,12-7?. The topological polar surface area (TPSA) is 36.7 Å². The molecular formula is C11H12N2S. The molecule has 0 aromatic carbocycles. The van der Waals surface area contributed by atoms with Crippen LogP contribution in [0.3, 0.4) is 0 Å². The van der Waals surface area contributed by atoms with E-state index in [1.165, 1.54) is 17.6 Å². The Morgan fingerprint density at radius 3 is 2.93 bits per heavy atom. The van der Waals surface area contributed by atoms with Gasteiger partial charge in [-0.3, -0.25) is 0 Å². The largest absolute Gasteiger partial charge is 0.306 e. The zero-order valence-corrected chi connectivity index (χ0v) is 8.84. The second-order valence-corrected chi connectivity index (χ2v) is 3.46. The van der Waals surface area contributed by atoms with E-state index < -0.39 is 0 Å². The number of hydrogen-bond acceptors (Lipinski definition) is 3. The highest BCUT2D eigenvalue weighted by Crippen LogP contribution is 2.17. The van der Waals surface area contributed by atoms with Gasteiger partial charge >= 0.3 is 0 Å². The molecule has 2 nitrogen and oxygen atoms in total. The number of hydrogen-bond donors (Lipinski definition) is 1. The van der Waals surface area contributed by atoms with Gasteiger partial charge in [0.15, 0.2) is 0 Å². The fourth-order valence-electron chi connectivity index (χ4n) is 0.944. The Balaban J connectivity index is 3.00. The minimum Gasteiger partial charge on any atom is -0.306 e. The molecule has 0 unspecified atom stereocenters. The highest BCUT2D eigenvalue weighted by molar-refractivity contribution is 7.11. The van der Waals surface area contributed by atoms with Gasteiger partial charge in [-0.25, -0.2) is 4.98 Å². The van der Waals surface area contributed by atoms with Crippen molar-refractivity contribution in [2.24, 2.45) is 0 Å². The maximum atomic E-state index is 7.06. The van der Waals surface area contributed by atoms with Crippen molar-refractivity contribution in [3.05, 3.63) is 47.0 Å². The zero-order valence-electron chi connectivity index (χ0n) is 8.03. The maximum Gasteiger partial charge on any atom is 0.134 e. The highest BCUT2D eigenvalue weighted by Gasteiger charge is 2.01. The Bertz CT molecular complexity index is 386. The van der Waals surface area contributed by atoms with Gasteiger partial charge in [0.1, 0.15) is 5.01 Å². The van der Waals surface area contributed by atoms with E-state index in [1.54, 1.807) is 6.08 Å². The van der Waals surface area contributed by atoms with Gasteiger partial charge in [0.2, 0.25) is 0 Å². The van der Waals surface area contributed by atoms with E-state index in [4.69, 9.17) is 5.41 Å². The van der Waals surface area contributed by atoms with Crippen LogP contribution < -0.4 is 0 Å². The van der Waals surface area contributed by atoms with E-state index in [0.29, 0.717) is 5.01 Å². The van der Waals surface area contributed by atoms with Crippen LogP contribution >= 0.6 is 11.3 Å². The number of thiazole rings is 1. The maximum absolute atomic E-state index is 7.06. The summed E-state index contributed by atoms with van der Waals surface area (Å²) in [5.41, 5.74) is 1.86. The normalized spacial score (nSPS) is 11.9. The second kappa shape index (κ2) is 5.29. The lowest BCUT2D eigenvalue weighted by Gasteiger charge is -1.93. The van der Waals surface area contributed by atoms with Crippen molar-refractivity contribution in [2.45, 2.75) is 6.92 Å². The fraction of sp³-hybridized carbons (Fsp3) is 0.0909. The summed E-state index contributed by atoms with van der Waals surface area (Å²) in [4.78, 5) is 4.25. The number of aromatic nitrogens is 1. The van der Waals surface area contributed by atoms with Crippen LogP contribution in [0, 0.1) is 5.41 Å². The van der Waals surface area contributed by atoms with E-state index in [1.807, 2.05) is 30.5 Å². The first kappa shape index (κ1) is 10.6. The molecule has 1 rings (SSSR count). The average Bonchev–Trinajstić information content (AvgIpc) is 2.68. The molecule has 0 atom stereocenters. The Labute approximate surface area is 87.8 Å². The molecule has 0 bridgehead atoms. The van der Waals surface area contributed by atoms with Crippen LogP contribution in [0.1, 0.15) is 17.6 Å². The van der Waals surface area contributed by atoms with Crippen LogP contribution in [0.5, 0.6) is 0 Å². The van der Waals surface area contributed by atoms with Gasteiger partial charge in [-0.15, -0.1) is 11.3 Å². The summed E-state index contributed by atoms with van der Waals surface area (Å²) < 4.78 is 0. The van der Waals surface area contributed by atoms with Crippen molar-refractivity contribution in [3.63, 3.8) is 0 Å². The van der Waals surface area contributed by atoms with Crippen molar-refractivity contribution < 1.29 is 0 Å². The highest BCUT2D eigenvalue weighted by atomic mass is 32.1. The van der Waals surface area contributed by atoms with Gasteiger partial charge in [0.25, 0.3) is 0 Å². The second-order valence-electron chi connectivity index (χ2n) is 2.57. The third-order valence-corrected chi connectivity index (χ3v) is 2.42. The molecule has 0 radical (unpaired) electrons. The molecule has 14 heavy (non-hydrogen) atoms. The summed E-state index contributed by atoms with van der Waals surface area (Å²) in [6.45, 7) is 5.69. The lowest BCUT2D eigenvalue weighted by molar-refractivity contribution is 1.34. The molecule has 0 aliphatic heterocycles. The summed E-state index contributed by atoms with van der Waals surface area (Å²) in [5, 5.41) is 9.70. The molecule has 0 saturated heterocycles. The van der Waals surface area contributed by atoms with Crippen molar-refractivity contribution >= 4 is 23.1 Å². The van der Waals surface area contributed by atoms with Crippen LogP contribution in [-0.4, -0.2) is 11.2 Å². The molecular weight excluding hydrogens is 192 g/mol.